The molecular formula is C12H17FN2. The van der Waals surface area contributed by atoms with Crippen LogP contribution in [0.25, 0.3) is 0 Å². The summed E-state index contributed by atoms with van der Waals surface area (Å²) in [5.74, 6) is -0.120. The first-order valence-electron chi connectivity index (χ1n) is 5.42. The Balaban J connectivity index is 2.14. The SMILES string of the molecule is CC(c1ccccc1F)N1CC[C@@H](N)C1. The summed E-state index contributed by atoms with van der Waals surface area (Å²) in [6, 6.07) is 7.34. The van der Waals surface area contributed by atoms with Gasteiger partial charge in [0.15, 0.2) is 0 Å². The van der Waals surface area contributed by atoms with Crippen LogP contribution in [-0.2, 0) is 0 Å². The maximum absolute atomic E-state index is 13.5. The molecule has 1 fully saturated rings. The van der Waals surface area contributed by atoms with Crippen molar-refractivity contribution in [2.75, 3.05) is 13.1 Å². The summed E-state index contributed by atoms with van der Waals surface area (Å²) in [6.07, 6.45) is 1.01. The Morgan fingerprint density at radius 3 is 2.80 bits per heavy atom. The quantitative estimate of drug-likeness (QED) is 0.804. The van der Waals surface area contributed by atoms with Gasteiger partial charge >= 0.3 is 0 Å². The Kier molecular flexibility index (Phi) is 3.03. The molecule has 2 N–H and O–H groups in total. The summed E-state index contributed by atoms with van der Waals surface area (Å²) in [7, 11) is 0. The van der Waals surface area contributed by atoms with E-state index in [1.165, 1.54) is 6.07 Å². The molecule has 0 bridgehead atoms. The summed E-state index contributed by atoms with van der Waals surface area (Å²) in [5.41, 5.74) is 6.61. The molecule has 2 rings (SSSR count). The fourth-order valence-corrected chi connectivity index (χ4v) is 2.18. The van der Waals surface area contributed by atoms with Crippen molar-refractivity contribution in [2.24, 2.45) is 5.73 Å². The van der Waals surface area contributed by atoms with Crippen LogP contribution in [0.5, 0.6) is 0 Å². The third-order valence-electron chi connectivity index (χ3n) is 3.16. The molecule has 1 aromatic rings. The molecule has 1 saturated heterocycles. The Morgan fingerprint density at radius 1 is 1.47 bits per heavy atom. The predicted octanol–water partition coefficient (Wildman–Crippen LogP) is 1.92. The van der Waals surface area contributed by atoms with Gasteiger partial charge in [-0.2, -0.15) is 0 Å². The number of rotatable bonds is 2. The van der Waals surface area contributed by atoms with E-state index in [1.54, 1.807) is 6.07 Å². The molecule has 2 nitrogen and oxygen atoms in total. The second-order valence-corrected chi connectivity index (χ2v) is 4.24. The monoisotopic (exact) mass is 208 g/mol. The maximum Gasteiger partial charge on any atom is 0.127 e. The first-order valence-corrected chi connectivity index (χ1v) is 5.42. The summed E-state index contributed by atoms with van der Waals surface area (Å²) in [6.45, 7) is 3.88. The number of nitrogens with two attached hydrogens (primary N) is 1. The van der Waals surface area contributed by atoms with Crippen molar-refractivity contribution < 1.29 is 4.39 Å². The van der Waals surface area contributed by atoms with E-state index in [0.29, 0.717) is 0 Å². The topological polar surface area (TPSA) is 29.3 Å². The van der Waals surface area contributed by atoms with Crippen LogP contribution in [0.3, 0.4) is 0 Å². The lowest BCUT2D eigenvalue weighted by Gasteiger charge is -2.24. The van der Waals surface area contributed by atoms with Gasteiger partial charge in [-0.3, -0.25) is 4.90 Å². The molecule has 0 aromatic heterocycles. The van der Waals surface area contributed by atoms with Crippen LogP contribution in [0.4, 0.5) is 4.39 Å². The maximum atomic E-state index is 13.5. The lowest BCUT2D eigenvalue weighted by Crippen LogP contribution is -2.29. The van der Waals surface area contributed by atoms with Gasteiger partial charge in [-0.15, -0.1) is 0 Å². The summed E-state index contributed by atoms with van der Waals surface area (Å²) in [4.78, 5) is 2.24. The highest BCUT2D eigenvalue weighted by molar-refractivity contribution is 5.21. The Bertz CT molecular complexity index is 340. The Morgan fingerprint density at radius 2 is 2.20 bits per heavy atom. The van der Waals surface area contributed by atoms with Gasteiger partial charge in [-0.05, 0) is 19.4 Å². The van der Waals surface area contributed by atoms with Gasteiger partial charge in [-0.25, -0.2) is 4.39 Å². The minimum absolute atomic E-state index is 0.120. The molecule has 1 aliphatic rings. The van der Waals surface area contributed by atoms with Gasteiger partial charge in [0.25, 0.3) is 0 Å². The third-order valence-corrected chi connectivity index (χ3v) is 3.16. The first-order chi connectivity index (χ1) is 7.18. The molecule has 1 unspecified atom stereocenters. The van der Waals surface area contributed by atoms with E-state index in [0.717, 1.165) is 25.1 Å². The molecule has 1 heterocycles. The molecule has 0 radical (unpaired) electrons. The van der Waals surface area contributed by atoms with Crippen LogP contribution in [0.2, 0.25) is 0 Å². The van der Waals surface area contributed by atoms with Gasteiger partial charge in [0.1, 0.15) is 5.82 Å². The van der Waals surface area contributed by atoms with Gasteiger partial charge in [0.2, 0.25) is 0 Å². The first kappa shape index (κ1) is 10.6. The minimum atomic E-state index is -0.120. The van der Waals surface area contributed by atoms with Gasteiger partial charge in [-0.1, -0.05) is 18.2 Å². The zero-order valence-electron chi connectivity index (χ0n) is 8.99. The lowest BCUT2D eigenvalue weighted by atomic mass is 10.1. The molecule has 2 atom stereocenters. The van der Waals surface area contributed by atoms with Crippen molar-refractivity contribution in [3.8, 4) is 0 Å². The molecular weight excluding hydrogens is 191 g/mol. The van der Waals surface area contributed by atoms with Crippen molar-refractivity contribution in [2.45, 2.75) is 25.4 Å². The molecule has 82 valence electrons. The highest BCUT2D eigenvalue weighted by Gasteiger charge is 2.25. The van der Waals surface area contributed by atoms with E-state index in [2.05, 4.69) is 4.90 Å². The smallest absolute Gasteiger partial charge is 0.127 e. The zero-order valence-corrected chi connectivity index (χ0v) is 8.99. The largest absolute Gasteiger partial charge is 0.326 e. The standard InChI is InChI=1S/C12H17FN2/c1-9(15-7-6-10(14)8-15)11-4-2-3-5-12(11)13/h2-5,9-10H,6-8,14H2,1H3/t9?,10-/m1/s1. The van der Waals surface area contributed by atoms with Gasteiger partial charge in [0, 0.05) is 30.7 Å². The number of benzene rings is 1. The van der Waals surface area contributed by atoms with Crippen molar-refractivity contribution in [1.82, 2.24) is 4.90 Å². The molecule has 0 saturated carbocycles. The van der Waals surface area contributed by atoms with Crippen molar-refractivity contribution in [3.05, 3.63) is 35.6 Å². The second-order valence-electron chi connectivity index (χ2n) is 4.24. The van der Waals surface area contributed by atoms with E-state index in [9.17, 15) is 4.39 Å². The second kappa shape index (κ2) is 4.29. The number of likely N-dealkylation sites (tertiary alicyclic amines) is 1. The summed E-state index contributed by atoms with van der Waals surface area (Å²) in [5, 5.41) is 0. The zero-order chi connectivity index (χ0) is 10.8. The van der Waals surface area contributed by atoms with Crippen LogP contribution in [0, 0.1) is 5.82 Å². The molecule has 3 heteroatoms. The molecule has 0 amide bonds. The molecule has 1 aromatic carbocycles. The number of hydrogen-bond acceptors (Lipinski definition) is 2. The molecule has 0 spiro atoms. The average molecular weight is 208 g/mol. The van der Waals surface area contributed by atoms with Gasteiger partial charge in [0.05, 0.1) is 0 Å². The average Bonchev–Trinajstić information content (AvgIpc) is 2.65. The molecule has 15 heavy (non-hydrogen) atoms. The Labute approximate surface area is 89.9 Å². The normalized spacial score (nSPS) is 24.3. The van der Waals surface area contributed by atoms with Crippen molar-refractivity contribution in [1.29, 1.82) is 0 Å². The van der Waals surface area contributed by atoms with E-state index in [1.807, 2.05) is 19.1 Å². The van der Waals surface area contributed by atoms with E-state index < -0.39 is 0 Å². The van der Waals surface area contributed by atoms with Crippen LogP contribution in [0.1, 0.15) is 24.9 Å². The predicted molar refractivity (Wildman–Crippen MR) is 59.0 cm³/mol. The van der Waals surface area contributed by atoms with Gasteiger partial charge < -0.3 is 5.73 Å². The van der Waals surface area contributed by atoms with Crippen LogP contribution in [0.15, 0.2) is 24.3 Å². The fraction of sp³-hybridized carbons (Fsp3) is 0.500. The lowest BCUT2D eigenvalue weighted by molar-refractivity contribution is 0.254. The van der Waals surface area contributed by atoms with E-state index in [-0.39, 0.29) is 17.9 Å². The fourth-order valence-electron chi connectivity index (χ4n) is 2.18. The van der Waals surface area contributed by atoms with Crippen LogP contribution >= 0.6 is 0 Å². The van der Waals surface area contributed by atoms with Crippen LogP contribution in [-0.4, -0.2) is 24.0 Å². The molecule has 1 aliphatic heterocycles. The number of nitrogens with zero attached hydrogens (tertiary/aromatic N) is 1. The highest BCUT2D eigenvalue weighted by atomic mass is 19.1. The summed E-state index contributed by atoms with van der Waals surface area (Å²) < 4.78 is 13.5. The third kappa shape index (κ3) is 2.19. The minimum Gasteiger partial charge on any atom is -0.326 e. The highest BCUT2D eigenvalue weighted by Crippen LogP contribution is 2.25. The number of hydrogen-bond donors (Lipinski definition) is 1. The number of halogens is 1. The van der Waals surface area contributed by atoms with Crippen LogP contribution < -0.4 is 5.73 Å². The summed E-state index contributed by atoms with van der Waals surface area (Å²) >= 11 is 0. The van der Waals surface area contributed by atoms with Crippen molar-refractivity contribution >= 4 is 0 Å². The van der Waals surface area contributed by atoms with E-state index in [4.69, 9.17) is 5.73 Å². The molecule has 0 aliphatic carbocycles. The Hall–Kier alpha value is -0.930. The van der Waals surface area contributed by atoms with Crippen molar-refractivity contribution in [3.63, 3.8) is 0 Å². The van der Waals surface area contributed by atoms with E-state index >= 15 is 0 Å².